The third-order valence-corrected chi connectivity index (χ3v) is 5.27. The molecule has 1 N–H and O–H groups in total. The van der Waals surface area contributed by atoms with Crippen LogP contribution >= 0.6 is 23.1 Å². The van der Waals surface area contributed by atoms with Gasteiger partial charge in [0.1, 0.15) is 5.01 Å². The number of carbonyl (C=O) groups is 1. The molecule has 4 aromatic rings. The molecule has 27 heavy (non-hydrogen) atoms. The Hall–Kier alpha value is -3.11. The number of anilines is 1. The highest BCUT2D eigenvalue weighted by molar-refractivity contribution is 7.99. The zero-order valence-corrected chi connectivity index (χ0v) is 15.5. The van der Waals surface area contributed by atoms with Crippen LogP contribution in [-0.2, 0) is 4.79 Å². The van der Waals surface area contributed by atoms with Gasteiger partial charge in [0.05, 0.1) is 11.4 Å². The molecule has 2 aromatic heterocycles. The van der Waals surface area contributed by atoms with Crippen molar-refractivity contribution in [3.63, 3.8) is 0 Å². The van der Waals surface area contributed by atoms with E-state index >= 15 is 0 Å². The van der Waals surface area contributed by atoms with Gasteiger partial charge in [-0.15, -0.1) is 15.3 Å². The minimum Gasteiger partial charge on any atom is -0.300 e. The monoisotopic (exact) mass is 395 g/mol. The Balaban J connectivity index is 1.37. The molecule has 4 rings (SSSR count). The van der Waals surface area contributed by atoms with E-state index in [1.54, 1.807) is 4.68 Å². The predicted molar refractivity (Wildman–Crippen MR) is 104 cm³/mol. The predicted octanol–water partition coefficient (Wildman–Crippen LogP) is 2.91. The highest BCUT2D eigenvalue weighted by Gasteiger charge is 2.13. The summed E-state index contributed by atoms with van der Waals surface area (Å²) in [4.78, 5) is 12.2. The number of nitrogens with zero attached hydrogens (tertiary/aromatic N) is 6. The smallest absolute Gasteiger partial charge is 0.236 e. The fourth-order valence-corrected chi connectivity index (χ4v) is 3.71. The number of benzene rings is 2. The lowest BCUT2D eigenvalue weighted by molar-refractivity contribution is -0.113. The molecule has 0 bridgehead atoms. The molecule has 2 heterocycles. The largest absolute Gasteiger partial charge is 0.300 e. The number of tetrazole rings is 1. The number of aromatic nitrogens is 6. The average molecular weight is 395 g/mol. The standard InChI is InChI=1S/C17H13N7OS2/c25-14(18-16-20-19-15(27-16)12-7-3-1-4-8-12)11-26-17-21-22-23-24(17)13-9-5-2-6-10-13/h1-10H,11H2,(H,18,20,25). The average Bonchev–Trinajstić information content (AvgIpc) is 3.37. The van der Waals surface area contributed by atoms with Crippen LogP contribution in [0.1, 0.15) is 0 Å². The zero-order valence-electron chi connectivity index (χ0n) is 13.9. The highest BCUT2D eigenvalue weighted by atomic mass is 32.2. The molecule has 0 aliphatic heterocycles. The van der Waals surface area contributed by atoms with Crippen LogP contribution in [0.2, 0.25) is 0 Å². The molecule has 0 fully saturated rings. The van der Waals surface area contributed by atoms with E-state index < -0.39 is 0 Å². The second-order valence-corrected chi connectivity index (χ2v) is 7.24. The molecule has 134 valence electrons. The van der Waals surface area contributed by atoms with Crippen molar-refractivity contribution in [1.82, 2.24) is 30.4 Å². The maximum atomic E-state index is 12.2. The van der Waals surface area contributed by atoms with Crippen LogP contribution < -0.4 is 5.32 Å². The fraction of sp³-hybridized carbons (Fsp3) is 0.0588. The minimum absolute atomic E-state index is 0.160. The third kappa shape index (κ3) is 4.18. The van der Waals surface area contributed by atoms with Gasteiger partial charge in [-0.2, -0.15) is 4.68 Å². The van der Waals surface area contributed by atoms with Gasteiger partial charge in [0, 0.05) is 5.56 Å². The minimum atomic E-state index is -0.196. The maximum absolute atomic E-state index is 12.2. The summed E-state index contributed by atoms with van der Waals surface area (Å²) in [5.74, 6) is -0.0358. The first-order chi connectivity index (χ1) is 13.3. The quantitative estimate of drug-likeness (QED) is 0.501. The highest BCUT2D eigenvalue weighted by Crippen LogP contribution is 2.26. The van der Waals surface area contributed by atoms with E-state index in [2.05, 4.69) is 31.0 Å². The summed E-state index contributed by atoms with van der Waals surface area (Å²) in [5, 5.41) is 24.3. The lowest BCUT2D eigenvalue weighted by Crippen LogP contribution is -2.14. The first-order valence-corrected chi connectivity index (χ1v) is 9.75. The van der Waals surface area contributed by atoms with Gasteiger partial charge < -0.3 is 0 Å². The number of hydrogen-bond acceptors (Lipinski definition) is 8. The molecule has 0 saturated heterocycles. The van der Waals surface area contributed by atoms with Crippen molar-refractivity contribution in [1.29, 1.82) is 0 Å². The van der Waals surface area contributed by atoms with E-state index in [1.807, 2.05) is 60.7 Å². The molecular weight excluding hydrogens is 382 g/mol. The lowest BCUT2D eigenvalue weighted by atomic mass is 10.2. The summed E-state index contributed by atoms with van der Waals surface area (Å²) in [6.07, 6.45) is 0. The molecule has 0 spiro atoms. The van der Waals surface area contributed by atoms with E-state index in [-0.39, 0.29) is 11.7 Å². The van der Waals surface area contributed by atoms with Crippen LogP contribution in [0, 0.1) is 0 Å². The van der Waals surface area contributed by atoms with Crippen LogP contribution in [0.5, 0.6) is 0 Å². The number of nitrogens with one attached hydrogen (secondary N) is 1. The Kier molecular flexibility index (Phi) is 5.17. The molecule has 8 nitrogen and oxygen atoms in total. The number of thioether (sulfide) groups is 1. The fourth-order valence-electron chi connectivity index (χ4n) is 2.26. The van der Waals surface area contributed by atoms with Crippen LogP contribution in [0.4, 0.5) is 5.13 Å². The first kappa shape index (κ1) is 17.3. The molecule has 1 amide bonds. The second kappa shape index (κ2) is 8.06. The summed E-state index contributed by atoms with van der Waals surface area (Å²) < 4.78 is 1.59. The summed E-state index contributed by atoms with van der Waals surface area (Å²) >= 11 is 2.58. The van der Waals surface area contributed by atoms with Crippen LogP contribution in [0.15, 0.2) is 65.8 Å². The molecule has 0 aliphatic rings. The normalized spacial score (nSPS) is 10.7. The van der Waals surface area contributed by atoms with Crippen molar-refractivity contribution in [3.8, 4) is 16.3 Å². The van der Waals surface area contributed by atoms with Gasteiger partial charge in [0.15, 0.2) is 0 Å². The van der Waals surface area contributed by atoms with E-state index in [0.29, 0.717) is 10.3 Å². The van der Waals surface area contributed by atoms with Crippen LogP contribution in [-0.4, -0.2) is 42.1 Å². The van der Waals surface area contributed by atoms with E-state index in [4.69, 9.17) is 0 Å². The molecular formula is C17H13N7OS2. The SMILES string of the molecule is O=C(CSc1nnnn1-c1ccccc1)Nc1nnc(-c2ccccc2)s1. The van der Waals surface area contributed by atoms with Gasteiger partial charge in [0.25, 0.3) is 0 Å². The molecule has 0 radical (unpaired) electrons. The Labute approximate surface area is 162 Å². The molecule has 10 heteroatoms. The topological polar surface area (TPSA) is 98.5 Å². The van der Waals surface area contributed by atoms with E-state index in [1.165, 1.54) is 23.1 Å². The Morgan fingerprint density at radius 3 is 2.52 bits per heavy atom. The van der Waals surface area contributed by atoms with Gasteiger partial charge >= 0.3 is 0 Å². The number of amides is 1. The van der Waals surface area contributed by atoms with Crippen molar-refractivity contribution in [2.75, 3.05) is 11.1 Å². The van der Waals surface area contributed by atoms with Gasteiger partial charge in [0.2, 0.25) is 16.2 Å². The van der Waals surface area contributed by atoms with Gasteiger partial charge in [-0.3, -0.25) is 10.1 Å². The van der Waals surface area contributed by atoms with Gasteiger partial charge in [-0.1, -0.05) is 71.6 Å². The van der Waals surface area contributed by atoms with Gasteiger partial charge in [-0.25, -0.2) is 0 Å². The number of hydrogen-bond donors (Lipinski definition) is 1. The molecule has 2 aromatic carbocycles. The van der Waals surface area contributed by atoms with Crippen molar-refractivity contribution < 1.29 is 4.79 Å². The second-order valence-electron chi connectivity index (χ2n) is 5.32. The van der Waals surface area contributed by atoms with Gasteiger partial charge in [-0.05, 0) is 22.6 Å². The van der Waals surface area contributed by atoms with E-state index in [9.17, 15) is 4.79 Å². The number of carbonyl (C=O) groups excluding carboxylic acids is 1. The van der Waals surface area contributed by atoms with Crippen LogP contribution in [0.3, 0.4) is 0 Å². The molecule has 0 saturated carbocycles. The molecule has 0 aliphatic carbocycles. The molecule has 0 unspecified atom stereocenters. The van der Waals surface area contributed by atoms with E-state index in [0.717, 1.165) is 16.3 Å². The Morgan fingerprint density at radius 1 is 1.00 bits per heavy atom. The number of para-hydroxylation sites is 1. The Bertz CT molecular complexity index is 1030. The number of rotatable bonds is 6. The first-order valence-electron chi connectivity index (χ1n) is 7.95. The zero-order chi connectivity index (χ0) is 18.5. The maximum Gasteiger partial charge on any atom is 0.236 e. The summed E-state index contributed by atoms with van der Waals surface area (Å²) in [7, 11) is 0. The van der Waals surface area contributed by atoms with Crippen molar-refractivity contribution in [2.45, 2.75) is 5.16 Å². The van der Waals surface area contributed by atoms with Crippen molar-refractivity contribution >= 4 is 34.1 Å². The third-order valence-electron chi connectivity index (χ3n) is 3.47. The molecule has 0 atom stereocenters. The lowest BCUT2D eigenvalue weighted by Gasteiger charge is -2.03. The summed E-state index contributed by atoms with van der Waals surface area (Å²) in [5.41, 5.74) is 1.80. The van der Waals surface area contributed by atoms with Crippen molar-refractivity contribution in [3.05, 3.63) is 60.7 Å². The van der Waals surface area contributed by atoms with Crippen LogP contribution in [0.25, 0.3) is 16.3 Å². The van der Waals surface area contributed by atoms with Crippen molar-refractivity contribution in [2.24, 2.45) is 0 Å². The summed E-state index contributed by atoms with van der Waals surface area (Å²) in [6, 6.07) is 19.2. The Morgan fingerprint density at radius 2 is 1.74 bits per heavy atom. The summed E-state index contributed by atoms with van der Waals surface area (Å²) in [6.45, 7) is 0.